The zero-order valence-corrected chi connectivity index (χ0v) is 11.8. The molecular weight excluding hydrogens is 196 g/mol. The molecular formula is C15H28O. The van der Waals surface area contributed by atoms with Gasteiger partial charge in [0.15, 0.2) is 0 Å². The standard InChI is InChI=1S/C15H28O/c1-7-15(6)9-14(16)12(10(2)3)8-13(15)11(4)5/h10-13H,7-9H2,1-6H3. The largest absolute Gasteiger partial charge is 0.299 e. The lowest BCUT2D eigenvalue weighted by atomic mass is 9.58. The molecule has 0 saturated heterocycles. The van der Waals surface area contributed by atoms with E-state index in [9.17, 15) is 4.79 Å². The molecule has 1 heteroatoms. The maximum atomic E-state index is 12.2. The number of carbonyl (C=O) groups is 1. The molecule has 0 aromatic rings. The SMILES string of the molecule is CCC1(C)CC(=O)C(C(C)C)CC1C(C)C. The van der Waals surface area contributed by atoms with E-state index in [0.29, 0.717) is 29.5 Å². The van der Waals surface area contributed by atoms with Crippen molar-refractivity contribution in [3.8, 4) is 0 Å². The minimum Gasteiger partial charge on any atom is -0.299 e. The summed E-state index contributed by atoms with van der Waals surface area (Å²) in [5.74, 6) is 2.74. The monoisotopic (exact) mass is 224 g/mol. The van der Waals surface area contributed by atoms with Crippen LogP contribution in [0.4, 0.5) is 0 Å². The van der Waals surface area contributed by atoms with Gasteiger partial charge in [-0.15, -0.1) is 0 Å². The third kappa shape index (κ3) is 2.49. The Morgan fingerprint density at radius 2 is 1.81 bits per heavy atom. The van der Waals surface area contributed by atoms with E-state index in [1.807, 2.05) is 0 Å². The Kier molecular flexibility index (Phi) is 4.20. The van der Waals surface area contributed by atoms with Crippen molar-refractivity contribution >= 4 is 5.78 Å². The highest BCUT2D eigenvalue weighted by atomic mass is 16.1. The maximum absolute atomic E-state index is 12.2. The van der Waals surface area contributed by atoms with Crippen molar-refractivity contribution in [1.82, 2.24) is 0 Å². The first-order valence-corrected chi connectivity index (χ1v) is 6.84. The van der Waals surface area contributed by atoms with Gasteiger partial charge in [-0.1, -0.05) is 48.0 Å². The van der Waals surface area contributed by atoms with Gasteiger partial charge >= 0.3 is 0 Å². The molecule has 0 amide bonds. The molecule has 94 valence electrons. The molecule has 0 aromatic heterocycles. The van der Waals surface area contributed by atoms with Crippen LogP contribution in [0, 0.1) is 29.1 Å². The minimum atomic E-state index is 0.247. The van der Waals surface area contributed by atoms with Crippen LogP contribution in [0.5, 0.6) is 0 Å². The van der Waals surface area contributed by atoms with Crippen molar-refractivity contribution in [2.45, 2.75) is 60.8 Å². The Morgan fingerprint density at radius 3 is 2.19 bits per heavy atom. The van der Waals surface area contributed by atoms with E-state index >= 15 is 0 Å². The van der Waals surface area contributed by atoms with E-state index in [1.54, 1.807) is 0 Å². The lowest BCUT2D eigenvalue weighted by molar-refractivity contribution is -0.134. The summed E-state index contributed by atoms with van der Waals surface area (Å²) in [4.78, 5) is 12.2. The van der Waals surface area contributed by atoms with Gasteiger partial charge in [0.05, 0.1) is 0 Å². The number of ketones is 1. The molecule has 16 heavy (non-hydrogen) atoms. The van der Waals surface area contributed by atoms with Gasteiger partial charge in [0.1, 0.15) is 5.78 Å². The van der Waals surface area contributed by atoms with Gasteiger partial charge in [-0.05, 0) is 29.6 Å². The Bertz CT molecular complexity index is 254. The number of carbonyl (C=O) groups excluding carboxylic acids is 1. The number of hydrogen-bond acceptors (Lipinski definition) is 1. The second-order valence-electron chi connectivity index (χ2n) is 6.59. The normalized spacial score (nSPS) is 36.1. The summed E-state index contributed by atoms with van der Waals surface area (Å²) in [5, 5.41) is 0. The predicted molar refractivity (Wildman–Crippen MR) is 69.3 cm³/mol. The molecule has 0 radical (unpaired) electrons. The molecule has 3 unspecified atom stereocenters. The van der Waals surface area contributed by atoms with Crippen LogP contribution >= 0.6 is 0 Å². The second kappa shape index (κ2) is 4.89. The molecule has 0 aliphatic heterocycles. The van der Waals surface area contributed by atoms with Crippen LogP contribution < -0.4 is 0 Å². The topological polar surface area (TPSA) is 17.1 Å². The minimum absolute atomic E-state index is 0.247. The quantitative estimate of drug-likeness (QED) is 0.698. The highest BCUT2D eigenvalue weighted by molar-refractivity contribution is 5.82. The van der Waals surface area contributed by atoms with Gasteiger partial charge in [0, 0.05) is 12.3 Å². The fourth-order valence-electron chi connectivity index (χ4n) is 3.46. The Balaban J connectivity index is 2.91. The summed E-state index contributed by atoms with van der Waals surface area (Å²) in [7, 11) is 0. The maximum Gasteiger partial charge on any atom is 0.136 e. The van der Waals surface area contributed by atoms with Gasteiger partial charge < -0.3 is 0 Å². The molecule has 1 rings (SSSR count). The molecule has 3 atom stereocenters. The predicted octanol–water partition coefficient (Wildman–Crippen LogP) is 4.31. The van der Waals surface area contributed by atoms with E-state index < -0.39 is 0 Å². The Hall–Kier alpha value is -0.330. The zero-order valence-electron chi connectivity index (χ0n) is 11.8. The summed E-state index contributed by atoms with van der Waals surface area (Å²) in [5.41, 5.74) is 0.247. The number of rotatable bonds is 3. The summed E-state index contributed by atoms with van der Waals surface area (Å²) >= 11 is 0. The first-order chi connectivity index (χ1) is 7.31. The number of Topliss-reactive ketones (excluding diaryl/α,β-unsaturated/α-hetero) is 1. The van der Waals surface area contributed by atoms with E-state index in [0.717, 1.165) is 19.3 Å². The molecule has 1 aliphatic rings. The van der Waals surface area contributed by atoms with E-state index in [2.05, 4.69) is 41.5 Å². The molecule has 1 aliphatic carbocycles. The Labute approximate surface area is 101 Å². The van der Waals surface area contributed by atoms with Gasteiger partial charge in [-0.25, -0.2) is 0 Å². The van der Waals surface area contributed by atoms with Gasteiger partial charge in [-0.2, -0.15) is 0 Å². The van der Waals surface area contributed by atoms with Crippen molar-refractivity contribution < 1.29 is 4.79 Å². The number of hydrogen-bond donors (Lipinski definition) is 0. The summed E-state index contributed by atoms with van der Waals surface area (Å²) in [6.45, 7) is 13.5. The smallest absolute Gasteiger partial charge is 0.136 e. The van der Waals surface area contributed by atoms with Crippen LogP contribution in [-0.2, 0) is 4.79 Å². The van der Waals surface area contributed by atoms with Crippen LogP contribution in [0.25, 0.3) is 0 Å². The third-order valence-corrected chi connectivity index (χ3v) is 4.81. The molecule has 1 fully saturated rings. The van der Waals surface area contributed by atoms with Crippen molar-refractivity contribution in [1.29, 1.82) is 0 Å². The van der Waals surface area contributed by atoms with Crippen LogP contribution in [0.2, 0.25) is 0 Å². The van der Waals surface area contributed by atoms with Crippen molar-refractivity contribution in [3.63, 3.8) is 0 Å². The molecule has 0 aromatic carbocycles. The van der Waals surface area contributed by atoms with E-state index in [-0.39, 0.29) is 5.41 Å². The average molecular weight is 224 g/mol. The second-order valence-corrected chi connectivity index (χ2v) is 6.59. The first-order valence-electron chi connectivity index (χ1n) is 6.84. The third-order valence-electron chi connectivity index (χ3n) is 4.81. The molecule has 0 spiro atoms. The summed E-state index contributed by atoms with van der Waals surface area (Å²) in [6.07, 6.45) is 3.04. The lowest BCUT2D eigenvalue weighted by Gasteiger charge is -2.46. The van der Waals surface area contributed by atoms with Crippen LogP contribution in [0.15, 0.2) is 0 Å². The average Bonchev–Trinajstić information content (AvgIpc) is 2.16. The van der Waals surface area contributed by atoms with Crippen molar-refractivity contribution in [2.75, 3.05) is 0 Å². The fraction of sp³-hybridized carbons (Fsp3) is 0.933. The molecule has 0 N–H and O–H groups in total. The van der Waals surface area contributed by atoms with E-state index in [4.69, 9.17) is 0 Å². The zero-order chi connectivity index (χ0) is 12.5. The summed E-state index contributed by atoms with van der Waals surface area (Å²) in [6, 6.07) is 0. The Morgan fingerprint density at radius 1 is 1.25 bits per heavy atom. The first kappa shape index (κ1) is 13.7. The highest BCUT2D eigenvalue weighted by Crippen LogP contribution is 2.48. The molecule has 1 nitrogen and oxygen atoms in total. The van der Waals surface area contributed by atoms with Crippen LogP contribution in [-0.4, -0.2) is 5.78 Å². The van der Waals surface area contributed by atoms with Gasteiger partial charge in [0.2, 0.25) is 0 Å². The molecule has 0 heterocycles. The molecule has 0 bridgehead atoms. The van der Waals surface area contributed by atoms with Crippen molar-refractivity contribution in [3.05, 3.63) is 0 Å². The lowest BCUT2D eigenvalue weighted by Crippen LogP contribution is -2.43. The van der Waals surface area contributed by atoms with E-state index in [1.165, 1.54) is 0 Å². The van der Waals surface area contributed by atoms with Crippen LogP contribution in [0.3, 0.4) is 0 Å². The molecule has 1 saturated carbocycles. The van der Waals surface area contributed by atoms with Crippen molar-refractivity contribution in [2.24, 2.45) is 29.1 Å². The fourth-order valence-corrected chi connectivity index (χ4v) is 3.46. The van der Waals surface area contributed by atoms with Gasteiger partial charge in [-0.3, -0.25) is 4.79 Å². The summed E-state index contributed by atoms with van der Waals surface area (Å²) < 4.78 is 0. The van der Waals surface area contributed by atoms with Crippen LogP contribution in [0.1, 0.15) is 60.8 Å². The van der Waals surface area contributed by atoms with Gasteiger partial charge in [0.25, 0.3) is 0 Å². The highest BCUT2D eigenvalue weighted by Gasteiger charge is 2.44.